The number of likely N-dealkylation sites (tertiary alicyclic amines) is 1. The van der Waals surface area contributed by atoms with Gasteiger partial charge in [0, 0.05) is 75.6 Å². The van der Waals surface area contributed by atoms with Gasteiger partial charge in [0.1, 0.15) is 29.7 Å². The van der Waals surface area contributed by atoms with Gasteiger partial charge in [-0.25, -0.2) is 0 Å². The van der Waals surface area contributed by atoms with Gasteiger partial charge in [0.15, 0.2) is 0 Å². The maximum absolute atomic E-state index is 14.5. The lowest BCUT2D eigenvalue weighted by Crippen LogP contribution is -2.62. The van der Waals surface area contributed by atoms with Crippen molar-refractivity contribution in [2.45, 2.75) is 141 Å². The van der Waals surface area contributed by atoms with E-state index in [1.807, 2.05) is 20.8 Å². The van der Waals surface area contributed by atoms with Crippen LogP contribution in [0.2, 0.25) is 0 Å². The Balaban J connectivity index is 1.71. The molecule has 3 aliphatic heterocycles. The molecule has 5 unspecified atom stereocenters. The minimum atomic E-state index is -1.52. The van der Waals surface area contributed by atoms with Crippen molar-refractivity contribution in [3.63, 3.8) is 0 Å². The molecule has 3 saturated heterocycles. The van der Waals surface area contributed by atoms with Crippen LogP contribution < -0.4 is 16.0 Å². The molecule has 0 aromatic rings. The molecular weight excluding hydrogens is 1000 g/mol. The van der Waals surface area contributed by atoms with Gasteiger partial charge in [-0.15, -0.1) is 0 Å². The zero-order chi connectivity index (χ0) is 57.6. The highest BCUT2D eigenvalue weighted by Crippen LogP contribution is 2.33. The standard InChI is InChI=1S/C52H86N12O13/c1-13-34(5)44-49(75)58(8)30-41(68)56(6)29-40(67)57(7)31-43(70)62(12)50(77-14-2)47(73)53-28-39(66)64-25-19-20-35(64)46(72)55-52(21-15-16-22-52)51(76)59(9)32-42(69)61(11)37(48(74)63-23-17-18-24-63)27-38(65)60(10)36(26-33(3)4)45(71)54-44/h33-37,44,50H,13-32H2,1-12H3,(H,53,73)(H,54,71)(H,55,72)/t34-,35?,36?,37?,44?,50?/m0/s1. The minimum absolute atomic E-state index is 0.0163. The maximum Gasteiger partial charge on any atom is 0.270 e. The Morgan fingerprint density at radius 1 is 0.623 bits per heavy atom. The summed E-state index contributed by atoms with van der Waals surface area (Å²) in [7, 11) is 9.58. The Morgan fingerprint density at radius 2 is 1.18 bits per heavy atom. The van der Waals surface area contributed by atoms with Crippen molar-refractivity contribution in [1.29, 1.82) is 0 Å². The van der Waals surface area contributed by atoms with E-state index in [1.165, 1.54) is 64.0 Å². The van der Waals surface area contributed by atoms with E-state index in [-0.39, 0.29) is 44.8 Å². The average Bonchev–Trinajstić information content (AvgIpc) is 4.22. The fourth-order valence-electron chi connectivity index (χ4n) is 10.3. The number of amides is 12. The van der Waals surface area contributed by atoms with Crippen LogP contribution in [0.4, 0.5) is 0 Å². The Morgan fingerprint density at radius 3 is 1.75 bits per heavy atom. The normalized spacial score (nSPS) is 26.2. The molecule has 432 valence electrons. The van der Waals surface area contributed by atoms with Crippen LogP contribution in [0.25, 0.3) is 0 Å². The van der Waals surface area contributed by atoms with Crippen LogP contribution in [0.3, 0.4) is 0 Å². The number of likely N-dealkylation sites (N-methyl/N-ethyl adjacent to an activating group) is 7. The van der Waals surface area contributed by atoms with Gasteiger partial charge in [-0.05, 0) is 63.7 Å². The Kier molecular flexibility index (Phi) is 23.2. The number of hydrogen-bond donors (Lipinski definition) is 3. The summed E-state index contributed by atoms with van der Waals surface area (Å²) in [4.78, 5) is 179. The lowest BCUT2D eigenvalue weighted by Gasteiger charge is -2.37. The number of nitrogens with zero attached hydrogens (tertiary/aromatic N) is 9. The van der Waals surface area contributed by atoms with E-state index in [9.17, 15) is 57.5 Å². The molecule has 12 amide bonds. The largest absolute Gasteiger partial charge is 0.350 e. The van der Waals surface area contributed by atoms with Crippen molar-refractivity contribution in [3.05, 3.63) is 0 Å². The monoisotopic (exact) mass is 1090 g/mol. The number of ether oxygens (including phenoxy) is 1. The minimum Gasteiger partial charge on any atom is -0.350 e. The van der Waals surface area contributed by atoms with Crippen LogP contribution in [0.5, 0.6) is 0 Å². The summed E-state index contributed by atoms with van der Waals surface area (Å²) in [6.45, 7) is 7.27. The van der Waals surface area contributed by atoms with Gasteiger partial charge >= 0.3 is 0 Å². The van der Waals surface area contributed by atoms with Crippen LogP contribution in [-0.2, 0) is 62.3 Å². The van der Waals surface area contributed by atoms with E-state index in [2.05, 4.69) is 16.0 Å². The zero-order valence-electron chi connectivity index (χ0n) is 47.5. The highest BCUT2D eigenvalue weighted by Gasteiger charge is 2.48. The van der Waals surface area contributed by atoms with Crippen LogP contribution in [0, 0.1) is 11.8 Å². The third-order valence-corrected chi connectivity index (χ3v) is 15.4. The molecule has 3 heterocycles. The number of carbonyl (C=O) groups excluding carboxylic acids is 12. The fourth-order valence-corrected chi connectivity index (χ4v) is 10.3. The van der Waals surface area contributed by atoms with Gasteiger partial charge in [-0.2, -0.15) is 0 Å². The molecule has 4 aliphatic rings. The third-order valence-electron chi connectivity index (χ3n) is 15.4. The van der Waals surface area contributed by atoms with Crippen LogP contribution in [0.15, 0.2) is 0 Å². The zero-order valence-corrected chi connectivity index (χ0v) is 47.5. The van der Waals surface area contributed by atoms with Gasteiger partial charge in [0.25, 0.3) is 5.91 Å². The molecule has 0 aromatic carbocycles. The van der Waals surface area contributed by atoms with Crippen molar-refractivity contribution in [2.24, 2.45) is 11.8 Å². The highest BCUT2D eigenvalue weighted by molar-refractivity contribution is 5.99. The smallest absolute Gasteiger partial charge is 0.270 e. The van der Waals surface area contributed by atoms with Crippen molar-refractivity contribution in [1.82, 2.24) is 60.0 Å². The predicted octanol–water partition coefficient (Wildman–Crippen LogP) is -1.57. The molecule has 4 rings (SSSR count). The second-order valence-electron chi connectivity index (χ2n) is 21.7. The highest BCUT2D eigenvalue weighted by atomic mass is 16.5. The summed E-state index contributed by atoms with van der Waals surface area (Å²) < 4.78 is 5.61. The summed E-state index contributed by atoms with van der Waals surface area (Å²) in [5, 5.41) is 8.29. The van der Waals surface area contributed by atoms with Gasteiger partial charge in [0.05, 0.1) is 39.1 Å². The van der Waals surface area contributed by atoms with Crippen molar-refractivity contribution < 1.29 is 62.3 Å². The fraction of sp³-hybridized carbons (Fsp3) is 0.769. The van der Waals surface area contributed by atoms with E-state index in [4.69, 9.17) is 4.74 Å². The molecule has 25 nitrogen and oxygen atoms in total. The first kappa shape index (κ1) is 63.1. The summed E-state index contributed by atoms with van der Waals surface area (Å²) in [5.41, 5.74) is -1.43. The number of fused-ring (bicyclic) bond motifs is 1. The van der Waals surface area contributed by atoms with Crippen molar-refractivity contribution in [2.75, 3.05) is 108 Å². The van der Waals surface area contributed by atoms with Crippen molar-refractivity contribution >= 4 is 70.9 Å². The molecule has 1 aliphatic carbocycles. The van der Waals surface area contributed by atoms with E-state index < -0.39 is 152 Å². The van der Waals surface area contributed by atoms with Gasteiger partial charge in [-0.1, -0.05) is 47.0 Å². The van der Waals surface area contributed by atoms with Gasteiger partial charge in [0.2, 0.25) is 71.2 Å². The number of hydrogen-bond acceptors (Lipinski definition) is 13. The molecule has 1 spiro atoms. The summed E-state index contributed by atoms with van der Waals surface area (Å²) in [6.07, 6.45) is 2.37. The molecule has 3 N–H and O–H groups in total. The van der Waals surface area contributed by atoms with Gasteiger partial charge < -0.3 is 64.8 Å². The maximum atomic E-state index is 14.5. The average molecular weight is 1090 g/mol. The summed E-state index contributed by atoms with van der Waals surface area (Å²) in [5.74, 6) is -8.23. The summed E-state index contributed by atoms with van der Waals surface area (Å²) >= 11 is 0. The van der Waals surface area contributed by atoms with E-state index in [0.717, 1.165) is 37.3 Å². The second kappa shape index (κ2) is 28.3. The quantitative estimate of drug-likeness (QED) is 0.261. The Bertz CT molecular complexity index is 2200. The van der Waals surface area contributed by atoms with E-state index in [0.29, 0.717) is 38.8 Å². The predicted molar refractivity (Wildman–Crippen MR) is 280 cm³/mol. The first-order valence-corrected chi connectivity index (χ1v) is 27.0. The van der Waals surface area contributed by atoms with E-state index >= 15 is 0 Å². The number of nitrogens with one attached hydrogen (secondary N) is 3. The molecule has 77 heavy (non-hydrogen) atoms. The van der Waals surface area contributed by atoms with Crippen molar-refractivity contribution in [3.8, 4) is 0 Å². The molecule has 0 bridgehead atoms. The second-order valence-corrected chi connectivity index (χ2v) is 21.7. The van der Waals surface area contributed by atoms with Crippen LogP contribution in [0.1, 0.15) is 105 Å². The van der Waals surface area contributed by atoms with Crippen LogP contribution in [-0.4, -0.2) is 259 Å². The lowest BCUT2D eigenvalue weighted by molar-refractivity contribution is -0.158. The topological polar surface area (TPSA) is 279 Å². The van der Waals surface area contributed by atoms with E-state index in [1.54, 1.807) is 18.7 Å². The molecule has 1 saturated carbocycles. The lowest BCUT2D eigenvalue weighted by atomic mass is 9.94. The molecule has 25 heteroatoms. The first-order chi connectivity index (χ1) is 36.2. The Hall–Kier alpha value is -6.40. The molecule has 4 fully saturated rings. The Labute approximate surface area is 453 Å². The SMILES string of the molecule is CCOC1C(=O)NCC(=O)N2CCCC2C(=O)NC2(CCCC2)C(=O)N(C)CC(=O)N(C)C(C(=O)N2CCCC2)CC(=O)N(C)C(CC(C)C)C(=O)NC([C@@H](C)CC)C(=O)N(C)CC(=O)N(C)CC(=O)N(C)CC(=O)N1C. The number of carbonyl (C=O) groups is 12. The molecule has 0 aromatic heterocycles. The molecule has 6 atom stereocenters. The first-order valence-electron chi connectivity index (χ1n) is 27.0. The number of rotatable bonds is 7. The van der Waals surface area contributed by atoms with Crippen LogP contribution >= 0.6 is 0 Å². The molecule has 0 radical (unpaired) electrons. The van der Waals surface area contributed by atoms with Gasteiger partial charge in [-0.3, -0.25) is 57.5 Å². The third kappa shape index (κ3) is 16.1. The molecular formula is C52H86N12O13. The summed E-state index contributed by atoms with van der Waals surface area (Å²) in [6, 6.07) is -4.62.